The van der Waals surface area contributed by atoms with Gasteiger partial charge >= 0.3 is 0 Å². The molecular weight excluding hydrogens is 398 g/mol. The van der Waals surface area contributed by atoms with E-state index >= 15 is 0 Å². The first-order valence-corrected chi connectivity index (χ1v) is 11.3. The number of halogens is 1. The zero-order chi connectivity index (χ0) is 20.8. The largest absolute Gasteiger partial charge is 0.263 e. The first-order chi connectivity index (χ1) is 15.3. The molecule has 4 aromatic rings. The number of pyridine rings is 1. The molecule has 0 bridgehead atoms. The molecule has 1 aromatic heterocycles. The van der Waals surface area contributed by atoms with Crippen LogP contribution < -0.4 is 10.4 Å². The first-order valence-electron chi connectivity index (χ1n) is 10.9. The number of aromatic nitrogens is 1. The molecule has 1 nitrogen and oxygen atoms in total. The van der Waals surface area contributed by atoms with Gasteiger partial charge in [-0.2, -0.15) is 0 Å². The van der Waals surface area contributed by atoms with Crippen molar-refractivity contribution in [1.82, 2.24) is 4.98 Å². The van der Waals surface area contributed by atoms with E-state index in [1.54, 1.807) is 12.4 Å². The molecule has 2 aliphatic rings. The van der Waals surface area contributed by atoms with Gasteiger partial charge in [-0.3, -0.25) is 4.98 Å². The molecule has 0 N–H and O–H groups in total. The van der Waals surface area contributed by atoms with Gasteiger partial charge in [0.05, 0.1) is 5.02 Å². The minimum atomic E-state index is 0.352. The van der Waals surface area contributed by atoms with Crippen molar-refractivity contribution in [2.24, 2.45) is 0 Å². The molecule has 3 aromatic carbocycles. The normalized spacial score (nSPS) is 16.9. The third-order valence-electron chi connectivity index (χ3n) is 6.63. The summed E-state index contributed by atoms with van der Waals surface area (Å²) in [5, 5.41) is 6.12. The molecule has 0 amide bonds. The van der Waals surface area contributed by atoms with Gasteiger partial charge in [0.25, 0.3) is 0 Å². The standard InChI is InChI=1S/C29H22ClN/c30-29-18-31-15-14-25(29)23-6-3-5-21(16-23)22-9-8-20-11-12-26-24-7-2-1-4-19(24)10-13-27(26)28(20)17-22/h2-3,5-8,10-18,22H,1,4,9H2. The topological polar surface area (TPSA) is 12.9 Å². The highest BCUT2D eigenvalue weighted by Crippen LogP contribution is 2.32. The Labute approximate surface area is 187 Å². The van der Waals surface area contributed by atoms with Crippen LogP contribution in [0.3, 0.4) is 0 Å². The van der Waals surface area contributed by atoms with E-state index in [-0.39, 0.29) is 0 Å². The van der Waals surface area contributed by atoms with Gasteiger partial charge in [-0.15, -0.1) is 0 Å². The highest BCUT2D eigenvalue weighted by Gasteiger charge is 2.15. The van der Waals surface area contributed by atoms with Crippen LogP contribution in [0.4, 0.5) is 0 Å². The van der Waals surface area contributed by atoms with Crippen LogP contribution in [-0.4, -0.2) is 4.98 Å². The van der Waals surface area contributed by atoms with Crippen LogP contribution >= 0.6 is 11.6 Å². The van der Waals surface area contributed by atoms with Gasteiger partial charge in [-0.05, 0) is 68.8 Å². The Kier molecular flexibility index (Phi) is 4.51. The molecule has 0 aliphatic heterocycles. The van der Waals surface area contributed by atoms with Crippen molar-refractivity contribution in [3.63, 3.8) is 0 Å². The summed E-state index contributed by atoms with van der Waals surface area (Å²) in [5.41, 5.74) is 6.36. The Morgan fingerprint density at radius 1 is 0.968 bits per heavy atom. The lowest BCUT2D eigenvalue weighted by Gasteiger charge is -2.18. The molecule has 6 rings (SSSR count). The third kappa shape index (κ3) is 3.21. The van der Waals surface area contributed by atoms with Gasteiger partial charge < -0.3 is 0 Å². The van der Waals surface area contributed by atoms with E-state index in [0.29, 0.717) is 10.9 Å². The monoisotopic (exact) mass is 419 g/mol. The molecular formula is C29H22ClN. The molecule has 1 atom stereocenters. The minimum Gasteiger partial charge on any atom is -0.263 e. The van der Waals surface area contributed by atoms with E-state index in [1.165, 1.54) is 37.9 Å². The molecule has 31 heavy (non-hydrogen) atoms. The summed E-state index contributed by atoms with van der Waals surface area (Å²) >= 11 is 6.41. The molecule has 1 heterocycles. The van der Waals surface area contributed by atoms with Crippen LogP contribution in [0.2, 0.25) is 5.02 Å². The molecule has 0 fully saturated rings. The van der Waals surface area contributed by atoms with Gasteiger partial charge in [0.15, 0.2) is 0 Å². The fraction of sp³-hybridized carbons (Fsp3) is 0.138. The highest BCUT2D eigenvalue weighted by atomic mass is 35.5. The van der Waals surface area contributed by atoms with Crippen LogP contribution in [0.5, 0.6) is 0 Å². The number of aryl methyl sites for hydroxylation is 1. The van der Waals surface area contributed by atoms with E-state index in [9.17, 15) is 0 Å². The van der Waals surface area contributed by atoms with Crippen molar-refractivity contribution in [1.29, 1.82) is 0 Å². The summed E-state index contributed by atoms with van der Waals surface area (Å²) in [5.74, 6) is 0.352. The van der Waals surface area contributed by atoms with Crippen molar-refractivity contribution in [3.8, 4) is 11.1 Å². The van der Waals surface area contributed by atoms with Crippen molar-refractivity contribution >= 4 is 40.6 Å². The lowest BCUT2D eigenvalue weighted by Crippen LogP contribution is -2.29. The van der Waals surface area contributed by atoms with Gasteiger partial charge in [0.2, 0.25) is 0 Å². The second kappa shape index (κ2) is 7.51. The number of hydrogen-bond acceptors (Lipinski definition) is 1. The molecule has 150 valence electrons. The molecule has 0 spiro atoms. The van der Waals surface area contributed by atoms with Gasteiger partial charge in [0, 0.05) is 23.9 Å². The molecule has 1 unspecified atom stereocenters. The zero-order valence-corrected chi connectivity index (χ0v) is 17.9. The lowest BCUT2D eigenvalue weighted by atomic mass is 9.86. The highest BCUT2D eigenvalue weighted by molar-refractivity contribution is 6.33. The van der Waals surface area contributed by atoms with Gasteiger partial charge in [-0.1, -0.05) is 84.4 Å². The van der Waals surface area contributed by atoms with Gasteiger partial charge in [-0.25, -0.2) is 0 Å². The molecule has 2 aliphatic carbocycles. The summed E-state index contributed by atoms with van der Waals surface area (Å²) in [6.07, 6.45) is 16.3. The van der Waals surface area contributed by atoms with Crippen LogP contribution in [-0.2, 0) is 6.42 Å². The molecule has 0 saturated heterocycles. The number of nitrogens with zero attached hydrogens (tertiary/aromatic N) is 1. The van der Waals surface area contributed by atoms with Crippen LogP contribution in [0.25, 0.3) is 40.1 Å². The van der Waals surface area contributed by atoms with Crippen LogP contribution in [0.15, 0.2) is 73.1 Å². The average molecular weight is 420 g/mol. The summed E-state index contributed by atoms with van der Waals surface area (Å²) in [6, 6.07) is 20.0. The zero-order valence-electron chi connectivity index (χ0n) is 17.2. The van der Waals surface area contributed by atoms with E-state index in [0.717, 1.165) is 30.4 Å². The second-order valence-electron chi connectivity index (χ2n) is 8.44. The number of allylic oxidation sites excluding steroid dienone is 1. The van der Waals surface area contributed by atoms with E-state index in [2.05, 4.69) is 77.8 Å². The van der Waals surface area contributed by atoms with Crippen LogP contribution in [0.1, 0.15) is 35.4 Å². The van der Waals surface area contributed by atoms with Crippen LogP contribution in [0, 0.1) is 0 Å². The summed E-state index contributed by atoms with van der Waals surface area (Å²) in [6.45, 7) is 0. The third-order valence-corrected chi connectivity index (χ3v) is 6.93. The predicted octanol–water partition coefficient (Wildman–Crippen LogP) is 6.26. The first kappa shape index (κ1) is 18.6. The summed E-state index contributed by atoms with van der Waals surface area (Å²) < 4.78 is 0. The Morgan fingerprint density at radius 2 is 1.90 bits per heavy atom. The molecule has 0 radical (unpaired) electrons. The van der Waals surface area contributed by atoms with E-state index in [4.69, 9.17) is 11.6 Å². The fourth-order valence-electron chi connectivity index (χ4n) is 5.03. The molecule has 0 saturated carbocycles. The number of rotatable bonds is 2. The average Bonchev–Trinajstić information content (AvgIpc) is 2.83. The maximum absolute atomic E-state index is 6.41. The van der Waals surface area contributed by atoms with Crippen molar-refractivity contribution in [2.75, 3.05) is 0 Å². The summed E-state index contributed by atoms with van der Waals surface area (Å²) in [7, 11) is 0. The van der Waals surface area contributed by atoms with E-state index < -0.39 is 0 Å². The Morgan fingerprint density at radius 3 is 2.84 bits per heavy atom. The Bertz CT molecular complexity index is 1480. The number of benzene rings is 3. The number of hydrogen-bond donors (Lipinski definition) is 0. The van der Waals surface area contributed by atoms with Crippen molar-refractivity contribution in [3.05, 3.63) is 105 Å². The minimum absolute atomic E-state index is 0.352. The molecule has 2 heteroatoms. The summed E-state index contributed by atoms with van der Waals surface area (Å²) in [4.78, 5) is 4.12. The van der Waals surface area contributed by atoms with Gasteiger partial charge in [0.1, 0.15) is 0 Å². The quantitative estimate of drug-likeness (QED) is 0.373. The second-order valence-corrected chi connectivity index (χ2v) is 8.84. The maximum Gasteiger partial charge on any atom is 0.0667 e. The van der Waals surface area contributed by atoms with Crippen molar-refractivity contribution in [2.45, 2.75) is 25.2 Å². The van der Waals surface area contributed by atoms with Crippen molar-refractivity contribution < 1.29 is 0 Å². The fourth-order valence-corrected chi connectivity index (χ4v) is 5.26. The SMILES string of the molecule is Clc1cnccc1-c1cccc(C2C=c3c(ccc4c5c(ccc34)CCC=C5)=CC2)c1. The van der Waals surface area contributed by atoms with E-state index in [1.807, 2.05) is 6.07 Å². The maximum atomic E-state index is 6.41. The Hall–Kier alpha value is -3.16. The predicted molar refractivity (Wildman–Crippen MR) is 132 cm³/mol. The lowest BCUT2D eigenvalue weighted by molar-refractivity contribution is 0.923. The smallest absolute Gasteiger partial charge is 0.0667 e. The Balaban J connectivity index is 1.49. The number of fused-ring (bicyclic) bond motifs is 5.